The van der Waals surface area contributed by atoms with Crippen molar-refractivity contribution in [1.82, 2.24) is 15.3 Å². The van der Waals surface area contributed by atoms with Gasteiger partial charge in [0.15, 0.2) is 0 Å². The molecule has 3 aromatic rings. The van der Waals surface area contributed by atoms with Crippen LogP contribution in [0.1, 0.15) is 58.4 Å². The summed E-state index contributed by atoms with van der Waals surface area (Å²) in [7, 11) is 0. The molecule has 0 atom stereocenters. The van der Waals surface area contributed by atoms with E-state index in [2.05, 4.69) is 41.4 Å². The number of nitrogens with one attached hydrogen (secondary N) is 2. The smallest absolute Gasteiger partial charge is 0.251 e. The molecule has 148 valence electrons. The van der Waals surface area contributed by atoms with E-state index in [0.717, 1.165) is 53.2 Å². The van der Waals surface area contributed by atoms with Crippen molar-refractivity contribution in [3.05, 3.63) is 51.7 Å². The second-order valence-corrected chi connectivity index (χ2v) is 8.30. The first-order chi connectivity index (χ1) is 13.5. The van der Waals surface area contributed by atoms with Crippen molar-refractivity contribution in [2.24, 2.45) is 0 Å². The van der Waals surface area contributed by atoms with Gasteiger partial charge in [-0.05, 0) is 50.5 Å². The van der Waals surface area contributed by atoms with Crippen LogP contribution in [0.25, 0.3) is 10.2 Å². The van der Waals surface area contributed by atoms with Crippen LogP contribution in [0.5, 0.6) is 0 Å². The number of anilines is 1. The lowest BCUT2D eigenvalue weighted by Gasteiger charge is -2.10. The third-order valence-corrected chi connectivity index (χ3v) is 5.98. The molecular formula is C22H28N4OS. The molecule has 0 bridgehead atoms. The molecule has 2 aromatic heterocycles. The molecule has 2 N–H and O–H groups in total. The van der Waals surface area contributed by atoms with Crippen molar-refractivity contribution in [3.63, 3.8) is 0 Å². The van der Waals surface area contributed by atoms with Crippen LogP contribution in [-0.4, -0.2) is 22.4 Å². The molecule has 1 aromatic carbocycles. The highest BCUT2D eigenvalue weighted by Crippen LogP contribution is 2.33. The predicted molar refractivity (Wildman–Crippen MR) is 117 cm³/mol. The van der Waals surface area contributed by atoms with Gasteiger partial charge >= 0.3 is 0 Å². The molecule has 3 rings (SSSR count). The van der Waals surface area contributed by atoms with Crippen LogP contribution in [-0.2, 0) is 6.54 Å². The second kappa shape index (κ2) is 9.15. The number of benzene rings is 1. The normalized spacial score (nSPS) is 11.0. The van der Waals surface area contributed by atoms with E-state index in [1.165, 1.54) is 10.4 Å². The van der Waals surface area contributed by atoms with Gasteiger partial charge in [0.2, 0.25) is 0 Å². The van der Waals surface area contributed by atoms with Crippen molar-refractivity contribution < 1.29 is 4.79 Å². The van der Waals surface area contributed by atoms with E-state index in [9.17, 15) is 4.79 Å². The lowest BCUT2D eigenvalue weighted by Crippen LogP contribution is -2.24. The molecule has 0 unspecified atom stereocenters. The highest BCUT2D eigenvalue weighted by Gasteiger charge is 2.13. The number of amides is 1. The summed E-state index contributed by atoms with van der Waals surface area (Å²) in [6.45, 7) is 9.70. The molecule has 6 heteroatoms. The summed E-state index contributed by atoms with van der Waals surface area (Å²) < 4.78 is 0. The van der Waals surface area contributed by atoms with E-state index in [1.54, 1.807) is 11.3 Å². The maximum atomic E-state index is 12.2. The molecule has 0 spiro atoms. The van der Waals surface area contributed by atoms with Crippen LogP contribution >= 0.6 is 11.3 Å². The maximum Gasteiger partial charge on any atom is 0.251 e. The van der Waals surface area contributed by atoms with Gasteiger partial charge < -0.3 is 10.6 Å². The number of unbranched alkanes of at least 4 members (excludes halogenated alkanes) is 2. The molecule has 0 aliphatic heterocycles. The van der Waals surface area contributed by atoms with Crippen LogP contribution in [0.4, 0.5) is 5.82 Å². The van der Waals surface area contributed by atoms with Crippen LogP contribution in [0.3, 0.4) is 0 Å². The number of rotatable bonds is 8. The summed E-state index contributed by atoms with van der Waals surface area (Å²) in [5, 5.41) is 7.53. The molecule has 0 saturated heterocycles. The average molecular weight is 397 g/mol. The Kier molecular flexibility index (Phi) is 6.62. The number of carbonyl (C=O) groups is 1. The molecular weight excluding hydrogens is 368 g/mol. The first-order valence-corrected chi connectivity index (χ1v) is 10.7. The van der Waals surface area contributed by atoms with E-state index in [1.807, 2.05) is 31.2 Å². The van der Waals surface area contributed by atoms with Crippen LogP contribution in [0, 0.1) is 20.8 Å². The Morgan fingerprint density at radius 2 is 1.82 bits per heavy atom. The van der Waals surface area contributed by atoms with E-state index < -0.39 is 0 Å². The van der Waals surface area contributed by atoms with E-state index in [0.29, 0.717) is 12.1 Å². The third kappa shape index (κ3) is 4.68. The SMILES string of the molecule is CCCCCNC(=O)c1ccc(CNc2nc(C)nc3sc(C)c(C)c23)cc1. The third-order valence-electron chi connectivity index (χ3n) is 4.88. The van der Waals surface area contributed by atoms with Gasteiger partial charge in [-0.25, -0.2) is 9.97 Å². The summed E-state index contributed by atoms with van der Waals surface area (Å²) in [4.78, 5) is 23.6. The lowest BCUT2D eigenvalue weighted by molar-refractivity contribution is 0.0953. The van der Waals surface area contributed by atoms with E-state index >= 15 is 0 Å². The molecule has 28 heavy (non-hydrogen) atoms. The zero-order valence-electron chi connectivity index (χ0n) is 17.1. The zero-order chi connectivity index (χ0) is 20.1. The number of nitrogens with zero attached hydrogens (tertiary/aromatic N) is 2. The number of thiophene rings is 1. The van der Waals surface area contributed by atoms with Crippen LogP contribution < -0.4 is 10.6 Å². The molecule has 0 radical (unpaired) electrons. The van der Waals surface area contributed by atoms with Crippen molar-refractivity contribution in [2.45, 2.75) is 53.5 Å². The minimum absolute atomic E-state index is 0.00637. The highest BCUT2D eigenvalue weighted by molar-refractivity contribution is 7.18. The Bertz CT molecular complexity index is 963. The molecule has 0 aliphatic rings. The van der Waals surface area contributed by atoms with E-state index in [4.69, 9.17) is 0 Å². The number of fused-ring (bicyclic) bond motifs is 1. The fraction of sp³-hybridized carbons (Fsp3) is 0.409. The molecule has 0 fully saturated rings. The number of aromatic nitrogens is 2. The summed E-state index contributed by atoms with van der Waals surface area (Å²) >= 11 is 1.71. The lowest BCUT2D eigenvalue weighted by atomic mass is 10.1. The largest absolute Gasteiger partial charge is 0.365 e. The first kappa shape index (κ1) is 20.3. The summed E-state index contributed by atoms with van der Waals surface area (Å²) in [5.74, 6) is 1.64. The Balaban J connectivity index is 1.66. The number of carbonyl (C=O) groups excluding carboxylic acids is 1. The summed E-state index contributed by atoms with van der Waals surface area (Å²) in [6.07, 6.45) is 3.32. The van der Waals surface area contributed by atoms with Gasteiger partial charge in [-0.3, -0.25) is 4.79 Å². The molecule has 0 aliphatic carbocycles. The van der Waals surface area contributed by atoms with Crippen LogP contribution in [0.15, 0.2) is 24.3 Å². The van der Waals surface area contributed by atoms with Gasteiger partial charge in [0.25, 0.3) is 5.91 Å². The average Bonchev–Trinajstić information content (AvgIpc) is 2.97. The van der Waals surface area contributed by atoms with Gasteiger partial charge in [0, 0.05) is 23.5 Å². The minimum atomic E-state index is -0.00637. The Morgan fingerprint density at radius 1 is 1.07 bits per heavy atom. The Morgan fingerprint density at radius 3 is 2.54 bits per heavy atom. The molecule has 0 saturated carbocycles. The second-order valence-electron chi connectivity index (χ2n) is 7.10. The van der Waals surface area contributed by atoms with Gasteiger partial charge in [-0.15, -0.1) is 11.3 Å². The standard InChI is InChI=1S/C22H28N4OS/c1-5-6-7-12-23-21(27)18-10-8-17(9-11-18)13-24-20-19-14(2)15(3)28-22(19)26-16(4)25-20/h8-11H,5-7,12-13H2,1-4H3,(H,23,27)(H,24,25,26). The summed E-state index contributed by atoms with van der Waals surface area (Å²) in [5.41, 5.74) is 3.04. The van der Waals surface area contributed by atoms with Crippen molar-refractivity contribution in [1.29, 1.82) is 0 Å². The highest BCUT2D eigenvalue weighted by atomic mass is 32.1. The van der Waals surface area contributed by atoms with Gasteiger partial charge in [-0.2, -0.15) is 0 Å². The van der Waals surface area contributed by atoms with Gasteiger partial charge in [0.05, 0.1) is 5.39 Å². The first-order valence-electron chi connectivity index (χ1n) is 9.85. The van der Waals surface area contributed by atoms with E-state index in [-0.39, 0.29) is 5.91 Å². The van der Waals surface area contributed by atoms with Gasteiger partial charge in [-0.1, -0.05) is 31.9 Å². The monoisotopic (exact) mass is 396 g/mol. The number of hydrogen-bond acceptors (Lipinski definition) is 5. The number of aryl methyl sites for hydroxylation is 3. The van der Waals surface area contributed by atoms with Crippen molar-refractivity contribution in [3.8, 4) is 0 Å². The van der Waals surface area contributed by atoms with Crippen LogP contribution in [0.2, 0.25) is 0 Å². The van der Waals surface area contributed by atoms with Gasteiger partial charge in [0.1, 0.15) is 16.5 Å². The van der Waals surface area contributed by atoms with Crippen molar-refractivity contribution >= 4 is 33.3 Å². The predicted octanol–water partition coefficient (Wildman–Crippen LogP) is 5.15. The quantitative estimate of drug-likeness (QED) is 0.517. The van der Waals surface area contributed by atoms with Crippen molar-refractivity contribution in [2.75, 3.05) is 11.9 Å². The minimum Gasteiger partial charge on any atom is -0.365 e. The zero-order valence-corrected chi connectivity index (χ0v) is 17.9. The molecule has 1 amide bonds. The molecule has 5 nitrogen and oxygen atoms in total. The maximum absolute atomic E-state index is 12.2. The Labute approximate surface area is 170 Å². The fourth-order valence-electron chi connectivity index (χ4n) is 3.12. The Hall–Kier alpha value is -2.47. The topological polar surface area (TPSA) is 66.9 Å². The number of hydrogen-bond donors (Lipinski definition) is 2. The summed E-state index contributed by atoms with van der Waals surface area (Å²) in [6, 6.07) is 7.75. The molecule has 2 heterocycles. The fourth-order valence-corrected chi connectivity index (χ4v) is 4.20.